The van der Waals surface area contributed by atoms with Crippen molar-refractivity contribution in [1.82, 2.24) is 15.6 Å². The number of piperidine rings is 1. The van der Waals surface area contributed by atoms with Gasteiger partial charge >= 0.3 is 5.97 Å². The van der Waals surface area contributed by atoms with E-state index in [1.807, 2.05) is 18.2 Å². The molecule has 168 valence electrons. The molecule has 1 saturated heterocycles. The van der Waals surface area contributed by atoms with Gasteiger partial charge in [0.1, 0.15) is 12.9 Å². The van der Waals surface area contributed by atoms with Crippen molar-refractivity contribution in [1.29, 1.82) is 0 Å². The van der Waals surface area contributed by atoms with Crippen molar-refractivity contribution in [2.75, 3.05) is 19.6 Å². The SMILES string of the molecule is Cc1c(CCN2CCC(NC(=O)c3cccc(N=CNN)c3)CC2)ccc2c1COC2=O. The van der Waals surface area contributed by atoms with Crippen LogP contribution in [0.2, 0.25) is 0 Å². The number of ether oxygens (including phenoxy) is 1. The van der Waals surface area contributed by atoms with Crippen LogP contribution in [0.3, 0.4) is 0 Å². The van der Waals surface area contributed by atoms with Crippen molar-refractivity contribution in [2.45, 2.75) is 38.8 Å². The van der Waals surface area contributed by atoms with Gasteiger partial charge in [0.25, 0.3) is 5.91 Å². The maximum atomic E-state index is 12.6. The average Bonchev–Trinajstić information content (AvgIpc) is 3.20. The number of hydrazine groups is 1. The van der Waals surface area contributed by atoms with Crippen LogP contribution >= 0.6 is 0 Å². The summed E-state index contributed by atoms with van der Waals surface area (Å²) < 4.78 is 5.15. The number of cyclic esters (lactones) is 1. The summed E-state index contributed by atoms with van der Waals surface area (Å²) in [6.07, 6.45) is 4.16. The van der Waals surface area contributed by atoms with E-state index < -0.39 is 0 Å². The number of benzene rings is 2. The number of carbonyl (C=O) groups is 2. The van der Waals surface area contributed by atoms with Gasteiger partial charge in [-0.05, 0) is 61.6 Å². The second-order valence-electron chi connectivity index (χ2n) is 8.27. The average molecular weight is 436 g/mol. The molecule has 4 rings (SSSR count). The van der Waals surface area contributed by atoms with Gasteiger partial charge in [0.15, 0.2) is 0 Å². The van der Waals surface area contributed by atoms with E-state index in [-0.39, 0.29) is 17.9 Å². The number of fused-ring (bicyclic) bond motifs is 1. The Balaban J connectivity index is 1.26. The van der Waals surface area contributed by atoms with Gasteiger partial charge in [-0.15, -0.1) is 0 Å². The molecule has 0 aromatic heterocycles. The Hall–Kier alpha value is -3.23. The molecule has 2 aromatic rings. The number of hydrogen-bond acceptors (Lipinski definition) is 6. The number of rotatable bonds is 7. The number of aliphatic imine (C=N–C) groups is 1. The van der Waals surface area contributed by atoms with Crippen LogP contribution in [0.5, 0.6) is 0 Å². The zero-order valence-corrected chi connectivity index (χ0v) is 18.3. The van der Waals surface area contributed by atoms with Gasteiger partial charge in [0.05, 0.1) is 11.3 Å². The topological polar surface area (TPSA) is 109 Å². The van der Waals surface area contributed by atoms with E-state index in [4.69, 9.17) is 10.6 Å². The minimum absolute atomic E-state index is 0.0771. The van der Waals surface area contributed by atoms with Crippen LogP contribution in [0.25, 0.3) is 0 Å². The van der Waals surface area contributed by atoms with E-state index in [9.17, 15) is 9.59 Å². The first-order valence-electron chi connectivity index (χ1n) is 11.0. The number of hydrogen-bond donors (Lipinski definition) is 3. The lowest BCUT2D eigenvalue weighted by Crippen LogP contribution is -2.45. The number of amides is 1. The second kappa shape index (κ2) is 9.93. The van der Waals surface area contributed by atoms with E-state index in [0.717, 1.165) is 44.5 Å². The lowest BCUT2D eigenvalue weighted by Gasteiger charge is -2.32. The van der Waals surface area contributed by atoms with Gasteiger partial charge in [0, 0.05) is 36.8 Å². The van der Waals surface area contributed by atoms with E-state index in [1.165, 1.54) is 17.5 Å². The van der Waals surface area contributed by atoms with Gasteiger partial charge in [-0.2, -0.15) is 0 Å². The summed E-state index contributed by atoms with van der Waals surface area (Å²) in [6, 6.07) is 11.3. The molecule has 2 aliphatic rings. The van der Waals surface area contributed by atoms with Gasteiger partial charge in [-0.25, -0.2) is 15.6 Å². The molecule has 0 saturated carbocycles. The number of nitrogens with two attached hydrogens (primary N) is 1. The molecular weight excluding hydrogens is 406 g/mol. The Bertz CT molecular complexity index is 1030. The molecule has 8 nitrogen and oxygen atoms in total. The predicted octanol–water partition coefficient (Wildman–Crippen LogP) is 2.23. The molecule has 4 N–H and O–H groups in total. The smallest absolute Gasteiger partial charge is 0.338 e. The van der Waals surface area contributed by atoms with Crippen molar-refractivity contribution in [2.24, 2.45) is 10.8 Å². The maximum Gasteiger partial charge on any atom is 0.338 e. The van der Waals surface area contributed by atoms with Crippen LogP contribution in [-0.2, 0) is 17.8 Å². The van der Waals surface area contributed by atoms with Crippen molar-refractivity contribution in [3.63, 3.8) is 0 Å². The number of carbonyl (C=O) groups excluding carboxylic acids is 2. The fourth-order valence-corrected chi connectivity index (χ4v) is 4.36. The molecule has 2 heterocycles. The third-order valence-corrected chi connectivity index (χ3v) is 6.29. The molecule has 0 radical (unpaired) electrons. The van der Waals surface area contributed by atoms with Crippen LogP contribution in [0.15, 0.2) is 41.4 Å². The van der Waals surface area contributed by atoms with Crippen molar-refractivity contribution < 1.29 is 14.3 Å². The number of nitrogens with zero attached hydrogens (tertiary/aromatic N) is 2. The quantitative estimate of drug-likeness (QED) is 0.202. The van der Waals surface area contributed by atoms with Crippen molar-refractivity contribution in [3.05, 3.63) is 64.2 Å². The maximum absolute atomic E-state index is 12.6. The van der Waals surface area contributed by atoms with E-state index in [0.29, 0.717) is 23.4 Å². The van der Waals surface area contributed by atoms with E-state index >= 15 is 0 Å². The summed E-state index contributed by atoms with van der Waals surface area (Å²) in [6.45, 7) is 5.32. The third-order valence-electron chi connectivity index (χ3n) is 6.29. The van der Waals surface area contributed by atoms with Crippen LogP contribution in [0.1, 0.15) is 50.2 Å². The molecule has 0 spiro atoms. The van der Waals surface area contributed by atoms with Crippen molar-refractivity contribution in [3.8, 4) is 0 Å². The van der Waals surface area contributed by atoms with Gasteiger partial charge in [-0.1, -0.05) is 12.1 Å². The van der Waals surface area contributed by atoms with Crippen LogP contribution in [-0.4, -0.2) is 48.8 Å². The Labute approximate surface area is 187 Å². The minimum Gasteiger partial charge on any atom is -0.457 e. The first-order chi connectivity index (χ1) is 15.5. The molecule has 1 fully saturated rings. The normalized spacial score (nSPS) is 16.8. The second-order valence-corrected chi connectivity index (χ2v) is 8.27. The standard InChI is InChI=1S/C24H29N5O3/c1-16-17(5-6-21-22(16)14-32-24(21)31)7-10-29-11-8-19(9-12-29)28-23(30)18-3-2-4-20(13-18)26-15-27-25/h2-6,13,15,19H,7-12,14,25H2,1H3,(H,26,27)(H,28,30). The predicted molar refractivity (Wildman–Crippen MR) is 123 cm³/mol. The highest BCUT2D eigenvalue weighted by Crippen LogP contribution is 2.26. The van der Waals surface area contributed by atoms with Crippen molar-refractivity contribution >= 4 is 23.9 Å². The molecule has 0 bridgehead atoms. The Morgan fingerprint density at radius 2 is 2.09 bits per heavy atom. The summed E-state index contributed by atoms with van der Waals surface area (Å²) in [4.78, 5) is 30.9. The molecule has 0 aliphatic carbocycles. The molecule has 32 heavy (non-hydrogen) atoms. The first kappa shape index (κ1) is 22.0. The Kier molecular flexibility index (Phi) is 6.82. The molecule has 1 amide bonds. The summed E-state index contributed by atoms with van der Waals surface area (Å²) >= 11 is 0. The van der Waals surface area contributed by atoms with Crippen LogP contribution in [0.4, 0.5) is 5.69 Å². The lowest BCUT2D eigenvalue weighted by molar-refractivity contribution is 0.0534. The Morgan fingerprint density at radius 3 is 2.88 bits per heavy atom. The van der Waals surface area contributed by atoms with Crippen LogP contribution in [0, 0.1) is 6.92 Å². The fraction of sp³-hybridized carbons (Fsp3) is 0.375. The summed E-state index contributed by atoms with van der Waals surface area (Å²) in [7, 11) is 0. The number of esters is 1. The molecule has 0 atom stereocenters. The largest absolute Gasteiger partial charge is 0.457 e. The zero-order chi connectivity index (χ0) is 22.5. The highest BCUT2D eigenvalue weighted by molar-refractivity contribution is 5.95. The summed E-state index contributed by atoms with van der Waals surface area (Å²) in [5, 5.41) is 3.15. The molecular formula is C24H29N5O3. The molecule has 0 unspecified atom stereocenters. The fourth-order valence-electron chi connectivity index (χ4n) is 4.36. The molecule has 2 aromatic carbocycles. The van der Waals surface area contributed by atoms with Gasteiger partial charge < -0.3 is 20.4 Å². The zero-order valence-electron chi connectivity index (χ0n) is 18.3. The number of nitrogens with one attached hydrogen (secondary N) is 2. The first-order valence-corrected chi connectivity index (χ1v) is 11.0. The highest BCUT2D eigenvalue weighted by Gasteiger charge is 2.25. The van der Waals surface area contributed by atoms with Gasteiger partial charge in [0.2, 0.25) is 0 Å². The third kappa shape index (κ3) is 4.98. The monoisotopic (exact) mass is 435 g/mol. The van der Waals surface area contributed by atoms with E-state index in [1.54, 1.807) is 12.1 Å². The van der Waals surface area contributed by atoms with Gasteiger partial charge in [-0.3, -0.25) is 4.79 Å². The molecule has 2 aliphatic heterocycles. The summed E-state index contributed by atoms with van der Waals surface area (Å²) in [5.41, 5.74) is 7.79. The molecule has 8 heteroatoms. The Morgan fingerprint density at radius 1 is 1.28 bits per heavy atom. The van der Waals surface area contributed by atoms with Crippen LogP contribution < -0.4 is 16.6 Å². The highest BCUT2D eigenvalue weighted by atomic mass is 16.5. The van der Waals surface area contributed by atoms with E-state index in [2.05, 4.69) is 33.6 Å². The lowest BCUT2D eigenvalue weighted by atomic mass is 9.96. The minimum atomic E-state index is -0.217. The summed E-state index contributed by atoms with van der Waals surface area (Å²) in [5.74, 6) is 4.90. The number of likely N-dealkylation sites (tertiary alicyclic amines) is 1.